The van der Waals surface area contributed by atoms with Gasteiger partial charge in [0.25, 0.3) is 11.8 Å². The van der Waals surface area contributed by atoms with Crippen molar-refractivity contribution in [3.63, 3.8) is 0 Å². The van der Waals surface area contributed by atoms with Crippen LogP contribution in [-0.4, -0.2) is 20.6 Å². The zero-order valence-corrected chi connectivity index (χ0v) is 15.1. The molecule has 142 valence electrons. The average Bonchev–Trinajstić information content (AvgIpc) is 3.02. The molecule has 0 atom stereocenters. The van der Waals surface area contributed by atoms with Crippen LogP contribution < -0.4 is 15.4 Å². The molecule has 9 heteroatoms. The number of primary amides is 1. The van der Waals surface area contributed by atoms with Crippen LogP contribution in [0, 0.1) is 5.82 Å². The SMILES string of the molecule is NC(=O)c1c(Oc2ccc(F)cc2)nc2n1CC=C(O)N2c1ccc(Cl)cc1. The number of aliphatic hydroxyl groups is 1. The standard InChI is InChI=1S/C19H14ClFN4O3/c20-11-1-5-13(6-2-11)25-15(26)9-10-24-16(17(22)27)18(23-19(24)25)28-14-7-3-12(21)4-8-14/h1-9,26H,10H2,(H2,22,27). The predicted molar refractivity (Wildman–Crippen MR) is 102 cm³/mol. The molecule has 1 aliphatic heterocycles. The number of benzene rings is 2. The molecule has 0 unspecified atom stereocenters. The molecule has 0 bridgehead atoms. The van der Waals surface area contributed by atoms with Crippen molar-refractivity contribution in [1.29, 1.82) is 0 Å². The van der Waals surface area contributed by atoms with Crippen molar-refractivity contribution in [3.8, 4) is 11.6 Å². The first-order valence-electron chi connectivity index (χ1n) is 8.22. The van der Waals surface area contributed by atoms with Gasteiger partial charge in [-0.3, -0.25) is 14.3 Å². The first-order valence-corrected chi connectivity index (χ1v) is 8.60. The van der Waals surface area contributed by atoms with E-state index in [4.69, 9.17) is 22.1 Å². The summed E-state index contributed by atoms with van der Waals surface area (Å²) in [6, 6.07) is 12.0. The lowest BCUT2D eigenvalue weighted by Crippen LogP contribution is -2.27. The van der Waals surface area contributed by atoms with Gasteiger partial charge < -0.3 is 15.6 Å². The van der Waals surface area contributed by atoms with Gasteiger partial charge in [-0.1, -0.05) is 11.6 Å². The largest absolute Gasteiger partial charge is 0.494 e. The van der Waals surface area contributed by atoms with Crippen LogP contribution in [0.4, 0.5) is 16.0 Å². The Labute approximate surface area is 164 Å². The first kappa shape index (κ1) is 17.9. The molecule has 4 rings (SSSR count). The number of carbonyl (C=O) groups excluding carboxylic acids is 1. The molecule has 0 spiro atoms. The van der Waals surface area contributed by atoms with Gasteiger partial charge in [0.05, 0.1) is 5.69 Å². The number of imidazole rings is 1. The number of ether oxygens (including phenoxy) is 1. The van der Waals surface area contributed by atoms with E-state index in [1.807, 2.05) is 0 Å². The van der Waals surface area contributed by atoms with Crippen molar-refractivity contribution in [2.45, 2.75) is 6.54 Å². The second-order valence-electron chi connectivity index (χ2n) is 5.97. The zero-order chi connectivity index (χ0) is 19.8. The summed E-state index contributed by atoms with van der Waals surface area (Å²) in [5.74, 6) is -0.750. The van der Waals surface area contributed by atoms with Gasteiger partial charge in [0, 0.05) is 11.6 Å². The minimum atomic E-state index is -0.748. The van der Waals surface area contributed by atoms with E-state index in [1.165, 1.54) is 39.8 Å². The minimum absolute atomic E-state index is 0.0297. The summed E-state index contributed by atoms with van der Waals surface area (Å²) >= 11 is 5.94. The van der Waals surface area contributed by atoms with Crippen LogP contribution in [0.5, 0.6) is 11.6 Å². The fourth-order valence-electron chi connectivity index (χ4n) is 2.89. The molecule has 28 heavy (non-hydrogen) atoms. The molecule has 0 saturated carbocycles. The topological polar surface area (TPSA) is 93.6 Å². The lowest BCUT2D eigenvalue weighted by molar-refractivity contribution is 0.0989. The molecular weight excluding hydrogens is 387 g/mol. The summed E-state index contributed by atoms with van der Waals surface area (Å²) in [4.78, 5) is 17.9. The van der Waals surface area contributed by atoms with Crippen molar-refractivity contribution in [1.82, 2.24) is 9.55 Å². The number of halogens is 2. The summed E-state index contributed by atoms with van der Waals surface area (Å²) < 4.78 is 20.3. The minimum Gasteiger partial charge on any atom is -0.494 e. The van der Waals surface area contributed by atoms with Crippen LogP contribution in [0.3, 0.4) is 0 Å². The number of hydrogen-bond donors (Lipinski definition) is 2. The number of allylic oxidation sites excluding steroid dienone is 1. The number of carbonyl (C=O) groups is 1. The molecule has 3 N–H and O–H groups in total. The van der Waals surface area contributed by atoms with E-state index in [0.29, 0.717) is 10.7 Å². The number of fused-ring (bicyclic) bond motifs is 1. The Morgan fingerprint density at radius 2 is 1.86 bits per heavy atom. The Balaban J connectivity index is 1.81. The third-order valence-corrected chi connectivity index (χ3v) is 4.40. The number of rotatable bonds is 4. The monoisotopic (exact) mass is 400 g/mol. The van der Waals surface area contributed by atoms with Crippen molar-refractivity contribution in [3.05, 3.63) is 77.0 Å². The summed E-state index contributed by atoms with van der Waals surface area (Å²) in [6.45, 7) is 0.170. The van der Waals surface area contributed by atoms with Crippen LogP contribution in [0.1, 0.15) is 10.5 Å². The highest BCUT2D eigenvalue weighted by molar-refractivity contribution is 6.30. The number of nitrogens with zero attached hydrogens (tertiary/aromatic N) is 3. The van der Waals surface area contributed by atoms with Gasteiger partial charge in [-0.15, -0.1) is 0 Å². The Hall–Kier alpha value is -3.52. The van der Waals surface area contributed by atoms with Crippen LogP contribution in [0.2, 0.25) is 5.02 Å². The molecule has 0 radical (unpaired) electrons. The lowest BCUT2D eigenvalue weighted by Gasteiger charge is -2.27. The van der Waals surface area contributed by atoms with Crippen LogP contribution in [-0.2, 0) is 6.54 Å². The van der Waals surface area contributed by atoms with E-state index >= 15 is 0 Å². The molecule has 7 nitrogen and oxygen atoms in total. The molecule has 0 aliphatic carbocycles. The number of hydrogen-bond acceptors (Lipinski definition) is 5. The molecule has 1 amide bonds. The highest BCUT2D eigenvalue weighted by Crippen LogP contribution is 2.37. The summed E-state index contributed by atoms with van der Waals surface area (Å²) in [5, 5.41) is 10.9. The Kier molecular flexibility index (Phi) is 4.40. The second kappa shape index (κ2) is 6.90. The van der Waals surface area contributed by atoms with Gasteiger partial charge in [-0.25, -0.2) is 4.39 Å². The van der Waals surface area contributed by atoms with Gasteiger partial charge in [0.1, 0.15) is 11.6 Å². The molecule has 1 aliphatic rings. The van der Waals surface area contributed by atoms with Gasteiger partial charge in [0.15, 0.2) is 11.6 Å². The fraction of sp³-hybridized carbons (Fsp3) is 0.0526. The molecular formula is C19H14ClFN4O3. The van der Waals surface area contributed by atoms with Crippen molar-refractivity contribution >= 4 is 29.1 Å². The van der Waals surface area contributed by atoms with Crippen molar-refractivity contribution < 1.29 is 19.0 Å². The van der Waals surface area contributed by atoms with Crippen LogP contribution in [0.15, 0.2) is 60.5 Å². The predicted octanol–water partition coefficient (Wildman–Crippen LogP) is 4.12. The van der Waals surface area contributed by atoms with E-state index < -0.39 is 11.7 Å². The molecule has 2 aromatic carbocycles. The number of amides is 1. The van der Waals surface area contributed by atoms with Gasteiger partial charge in [0.2, 0.25) is 5.95 Å². The quantitative estimate of drug-likeness (QED) is 0.687. The number of anilines is 2. The summed E-state index contributed by atoms with van der Waals surface area (Å²) in [6.07, 6.45) is 1.51. The van der Waals surface area contributed by atoms with E-state index in [2.05, 4.69) is 4.98 Å². The normalized spacial score (nSPS) is 13.1. The molecule has 3 aromatic rings. The van der Waals surface area contributed by atoms with Crippen LogP contribution >= 0.6 is 11.6 Å². The number of nitrogens with two attached hydrogens (primary N) is 1. The molecule has 0 fully saturated rings. The average molecular weight is 401 g/mol. The zero-order valence-electron chi connectivity index (χ0n) is 14.3. The smallest absolute Gasteiger partial charge is 0.271 e. The maximum atomic E-state index is 13.1. The molecule has 0 saturated heterocycles. The highest BCUT2D eigenvalue weighted by atomic mass is 35.5. The van der Waals surface area contributed by atoms with Gasteiger partial charge >= 0.3 is 0 Å². The highest BCUT2D eigenvalue weighted by Gasteiger charge is 2.31. The maximum absolute atomic E-state index is 13.1. The van der Waals surface area contributed by atoms with Crippen molar-refractivity contribution in [2.75, 3.05) is 4.90 Å². The van der Waals surface area contributed by atoms with E-state index in [1.54, 1.807) is 24.3 Å². The van der Waals surface area contributed by atoms with Gasteiger partial charge in [-0.2, -0.15) is 4.98 Å². The van der Waals surface area contributed by atoms with E-state index in [-0.39, 0.29) is 35.7 Å². The third kappa shape index (κ3) is 3.14. The van der Waals surface area contributed by atoms with Crippen molar-refractivity contribution in [2.24, 2.45) is 5.73 Å². The molecule has 2 heterocycles. The second-order valence-corrected chi connectivity index (χ2v) is 6.41. The van der Waals surface area contributed by atoms with Crippen LogP contribution in [0.25, 0.3) is 0 Å². The summed E-state index contributed by atoms with van der Waals surface area (Å²) in [5.41, 5.74) is 6.15. The number of aliphatic hydroxyl groups excluding tert-OH is 1. The Bertz CT molecular complexity index is 1080. The fourth-order valence-corrected chi connectivity index (χ4v) is 3.02. The maximum Gasteiger partial charge on any atom is 0.271 e. The van der Waals surface area contributed by atoms with E-state index in [9.17, 15) is 14.3 Å². The Morgan fingerprint density at radius 1 is 1.18 bits per heavy atom. The number of aromatic nitrogens is 2. The lowest BCUT2D eigenvalue weighted by atomic mass is 10.3. The van der Waals surface area contributed by atoms with Gasteiger partial charge in [-0.05, 0) is 54.6 Å². The molecule has 1 aromatic heterocycles. The summed E-state index contributed by atoms with van der Waals surface area (Å²) in [7, 11) is 0. The van der Waals surface area contributed by atoms with E-state index in [0.717, 1.165) is 0 Å². The third-order valence-electron chi connectivity index (χ3n) is 4.15. The Morgan fingerprint density at radius 3 is 2.50 bits per heavy atom. The first-order chi connectivity index (χ1) is 13.4.